The normalized spacial score (nSPS) is 27.6. The molecule has 20 heavy (non-hydrogen) atoms. The van der Waals surface area contributed by atoms with Crippen LogP contribution in [0.25, 0.3) is 0 Å². The van der Waals surface area contributed by atoms with Crippen LogP contribution < -0.4 is 5.73 Å². The van der Waals surface area contributed by atoms with Gasteiger partial charge in [0, 0.05) is 12.6 Å². The van der Waals surface area contributed by atoms with Gasteiger partial charge in [-0.3, -0.25) is 4.90 Å². The zero-order valence-corrected chi connectivity index (χ0v) is 13.1. The molecular formula is C16H30N2O2. The number of esters is 1. The van der Waals surface area contributed by atoms with E-state index in [0.29, 0.717) is 25.1 Å². The Hall–Kier alpha value is -0.610. The first-order chi connectivity index (χ1) is 9.61. The third-order valence-corrected chi connectivity index (χ3v) is 4.90. The van der Waals surface area contributed by atoms with Crippen LogP contribution in [0.2, 0.25) is 0 Å². The lowest BCUT2D eigenvalue weighted by Gasteiger charge is -2.37. The van der Waals surface area contributed by atoms with Crippen LogP contribution in [0.15, 0.2) is 0 Å². The fourth-order valence-corrected chi connectivity index (χ4v) is 3.47. The summed E-state index contributed by atoms with van der Waals surface area (Å²) in [6.45, 7) is 6.26. The van der Waals surface area contributed by atoms with E-state index in [2.05, 4.69) is 11.8 Å². The Balaban J connectivity index is 2.07. The van der Waals surface area contributed by atoms with E-state index in [9.17, 15) is 4.79 Å². The third kappa shape index (κ3) is 3.53. The lowest BCUT2D eigenvalue weighted by atomic mass is 9.92. The van der Waals surface area contributed by atoms with Gasteiger partial charge in [0.05, 0.1) is 6.61 Å². The first-order valence-corrected chi connectivity index (χ1v) is 8.32. The molecule has 2 rings (SSSR count). The number of nitrogens with two attached hydrogens (primary N) is 1. The molecule has 116 valence electrons. The minimum Gasteiger partial charge on any atom is -0.465 e. The summed E-state index contributed by atoms with van der Waals surface area (Å²) >= 11 is 0. The SMILES string of the molecule is CCOC(=O)C(N)(CN1CCCCCC1CC)C1CC1. The highest BCUT2D eigenvalue weighted by atomic mass is 16.5. The second kappa shape index (κ2) is 6.90. The summed E-state index contributed by atoms with van der Waals surface area (Å²) in [4.78, 5) is 14.8. The molecule has 2 atom stereocenters. The van der Waals surface area contributed by atoms with Crippen LogP contribution in [-0.2, 0) is 9.53 Å². The maximum absolute atomic E-state index is 12.3. The lowest BCUT2D eigenvalue weighted by molar-refractivity contribution is -0.151. The number of hydrogen-bond donors (Lipinski definition) is 1. The number of hydrogen-bond acceptors (Lipinski definition) is 4. The number of nitrogens with zero attached hydrogens (tertiary/aromatic N) is 1. The van der Waals surface area contributed by atoms with Gasteiger partial charge in [0.1, 0.15) is 5.54 Å². The molecule has 1 saturated carbocycles. The Morgan fingerprint density at radius 2 is 2.00 bits per heavy atom. The van der Waals surface area contributed by atoms with Gasteiger partial charge in [-0.25, -0.2) is 4.79 Å². The standard InChI is InChI=1S/C16H30N2O2/c1-3-14-8-6-5-7-11-18(14)12-16(17,13-9-10-13)15(19)20-4-2/h13-14H,3-12,17H2,1-2H3. The average molecular weight is 282 g/mol. The van der Waals surface area contributed by atoms with E-state index in [1.54, 1.807) is 0 Å². The third-order valence-electron chi connectivity index (χ3n) is 4.90. The Kier molecular flexibility index (Phi) is 5.44. The molecule has 1 aliphatic carbocycles. The largest absolute Gasteiger partial charge is 0.465 e. The van der Waals surface area contributed by atoms with Crippen LogP contribution in [0.4, 0.5) is 0 Å². The maximum atomic E-state index is 12.3. The van der Waals surface area contributed by atoms with Crippen molar-refractivity contribution in [3.05, 3.63) is 0 Å². The van der Waals surface area contributed by atoms with Crippen LogP contribution in [-0.4, -0.2) is 42.1 Å². The summed E-state index contributed by atoms with van der Waals surface area (Å²) in [6, 6.07) is 0.577. The van der Waals surface area contributed by atoms with Gasteiger partial charge in [-0.2, -0.15) is 0 Å². The molecule has 2 N–H and O–H groups in total. The number of ether oxygens (including phenoxy) is 1. The van der Waals surface area contributed by atoms with Crippen molar-refractivity contribution >= 4 is 5.97 Å². The smallest absolute Gasteiger partial charge is 0.327 e. The molecule has 2 fully saturated rings. The average Bonchev–Trinajstić information content (AvgIpc) is 3.26. The van der Waals surface area contributed by atoms with E-state index in [-0.39, 0.29) is 5.97 Å². The Labute approximate surface area is 123 Å². The predicted octanol–water partition coefficient (Wildman–Crippen LogP) is 2.31. The van der Waals surface area contributed by atoms with E-state index in [0.717, 1.165) is 25.8 Å². The van der Waals surface area contributed by atoms with Gasteiger partial charge in [-0.15, -0.1) is 0 Å². The van der Waals surface area contributed by atoms with Crippen molar-refractivity contribution in [1.82, 2.24) is 4.90 Å². The Morgan fingerprint density at radius 3 is 2.60 bits per heavy atom. The van der Waals surface area contributed by atoms with E-state index in [4.69, 9.17) is 10.5 Å². The van der Waals surface area contributed by atoms with Crippen molar-refractivity contribution in [3.8, 4) is 0 Å². The molecule has 0 radical (unpaired) electrons. The summed E-state index contributed by atoms with van der Waals surface area (Å²) < 4.78 is 5.26. The van der Waals surface area contributed by atoms with E-state index < -0.39 is 5.54 Å². The van der Waals surface area contributed by atoms with Gasteiger partial charge in [0.25, 0.3) is 0 Å². The summed E-state index contributed by atoms with van der Waals surface area (Å²) in [7, 11) is 0. The summed E-state index contributed by atoms with van der Waals surface area (Å²) in [5, 5.41) is 0. The van der Waals surface area contributed by atoms with Crippen LogP contribution in [0, 0.1) is 5.92 Å². The van der Waals surface area contributed by atoms with Crippen molar-refractivity contribution in [2.75, 3.05) is 19.7 Å². The molecule has 4 heteroatoms. The van der Waals surface area contributed by atoms with Gasteiger partial charge in [-0.1, -0.05) is 19.8 Å². The summed E-state index contributed by atoms with van der Waals surface area (Å²) in [5.74, 6) is 0.129. The minimum absolute atomic E-state index is 0.193. The summed E-state index contributed by atoms with van der Waals surface area (Å²) in [5.41, 5.74) is 5.73. The van der Waals surface area contributed by atoms with Crippen LogP contribution >= 0.6 is 0 Å². The fourth-order valence-electron chi connectivity index (χ4n) is 3.47. The first kappa shape index (κ1) is 15.8. The van der Waals surface area contributed by atoms with E-state index in [1.165, 1.54) is 25.7 Å². The molecular weight excluding hydrogens is 252 g/mol. The molecule has 1 aliphatic heterocycles. The minimum atomic E-state index is -0.784. The Bertz CT molecular complexity index is 330. The van der Waals surface area contributed by atoms with Gasteiger partial charge >= 0.3 is 5.97 Å². The van der Waals surface area contributed by atoms with E-state index >= 15 is 0 Å². The molecule has 0 aromatic heterocycles. The predicted molar refractivity (Wildman–Crippen MR) is 80.4 cm³/mol. The second-order valence-electron chi connectivity index (χ2n) is 6.42. The number of carbonyl (C=O) groups excluding carboxylic acids is 1. The zero-order valence-electron chi connectivity index (χ0n) is 13.1. The lowest BCUT2D eigenvalue weighted by Crippen LogP contribution is -2.60. The maximum Gasteiger partial charge on any atom is 0.327 e. The van der Waals surface area contributed by atoms with Gasteiger partial charge in [0.15, 0.2) is 0 Å². The number of rotatable bonds is 6. The van der Waals surface area contributed by atoms with Crippen LogP contribution in [0.1, 0.15) is 58.8 Å². The quantitative estimate of drug-likeness (QED) is 0.760. The first-order valence-electron chi connectivity index (χ1n) is 8.32. The van der Waals surface area contributed by atoms with Gasteiger partial charge in [0.2, 0.25) is 0 Å². The molecule has 0 aromatic rings. The van der Waals surface area contributed by atoms with Crippen molar-refractivity contribution in [1.29, 1.82) is 0 Å². The number of likely N-dealkylation sites (tertiary alicyclic amines) is 1. The Morgan fingerprint density at radius 1 is 1.25 bits per heavy atom. The fraction of sp³-hybridized carbons (Fsp3) is 0.938. The molecule has 0 spiro atoms. The monoisotopic (exact) mass is 282 g/mol. The van der Waals surface area contributed by atoms with Crippen molar-refractivity contribution in [2.24, 2.45) is 11.7 Å². The van der Waals surface area contributed by atoms with Crippen LogP contribution in [0.3, 0.4) is 0 Å². The molecule has 2 unspecified atom stereocenters. The molecule has 1 heterocycles. The second-order valence-corrected chi connectivity index (χ2v) is 6.42. The molecule has 0 aromatic carbocycles. The van der Waals surface area contributed by atoms with Gasteiger partial charge in [-0.05, 0) is 51.5 Å². The van der Waals surface area contributed by atoms with Crippen LogP contribution in [0.5, 0.6) is 0 Å². The number of carbonyl (C=O) groups is 1. The molecule has 4 nitrogen and oxygen atoms in total. The van der Waals surface area contributed by atoms with Crippen molar-refractivity contribution in [3.63, 3.8) is 0 Å². The molecule has 0 amide bonds. The van der Waals surface area contributed by atoms with Crippen molar-refractivity contribution < 1.29 is 9.53 Å². The highest BCUT2D eigenvalue weighted by Crippen LogP contribution is 2.40. The molecule has 2 aliphatic rings. The molecule has 0 bridgehead atoms. The molecule has 1 saturated heterocycles. The van der Waals surface area contributed by atoms with Gasteiger partial charge < -0.3 is 10.5 Å². The van der Waals surface area contributed by atoms with Crippen molar-refractivity contribution in [2.45, 2.75) is 70.4 Å². The highest BCUT2D eigenvalue weighted by molar-refractivity contribution is 5.82. The van der Waals surface area contributed by atoms with E-state index in [1.807, 2.05) is 6.92 Å². The highest BCUT2D eigenvalue weighted by Gasteiger charge is 2.50. The topological polar surface area (TPSA) is 55.6 Å². The zero-order chi connectivity index (χ0) is 14.6. The summed E-state index contributed by atoms with van der Waals surface area (Å²) in [6.07, 6.45) is 8.34.